The van der Waals surface area contributed by atoms with Gasteiger partial charge in [-0.15, -0.1) is 11.8 Å². The molecule has 16 heavy (non-hydrogen) atoms. The lowest BCUT2D eigenvalue weighted by Crippen LogP contribution is -2.35. The predicted molar refractivity (Wildman–Crippen MR) is 61.7 cm³/mol. The van der Waals surface area contributed by atoms with Crippen LogP contribution in [0.15, 0.2) is 23.4 Å². The largest absolute Gasteiger partial charge is 0.397 e. The second kappa shape index (κ2) is 5.96. The molecule has 1 aromatic rings. The van der Waals surface area contributed by atoms with Gasteiger partial charge >= 0.3 is 6.03 Å². The molecule has 0 aliphatic rings. The Morgan fingerprint density at radius 1 is 1.44 bits per heavy atom. The van der Waals surface area contributed by atoms with Gasteiger partial charge in [-0.1, -0.05) is 0 Å². The number of primary amides is 1. The molecular formula is C9H12N4O2S. The Kier molecular flexibility index (Phi) is 4.59. The average Bonchev–Trinajstić information content (AvgIpc) is 2.20. The average molecular weight is 240 g/mol. The van der Waals surface area contributed by atoms with Crippen molar-refractivity contribution in [2.24, 2.45) is 5.73 Å². The van der Waals surface area contributed by atoms with Gasteiger partial charge in [-0.25, -0.2) is 9.78 Å². The SMILES string of the molecule is NC(=O)NC(=O)CCSc1ccc(N)cn1. The number of hydrogen-bond donors (Lipinski definition) is 3. The number of aromatic nitrogens is 1. The van der Waals surface area contributed by atoms with Crippen molar-refractivity contribution >= 4 is 29.4 Å². The van der Waals surface area contributed by atoms with Gasteiger partial charge in [-0.2, -0.15) is 0 Å². The molecule has 6 nitrogen and oxygen atoms in total. The molecule has 1 rings (SSSR count). The fraction of sp³-hybridized carbons (Fsp3) is 0.222. The van der Waals surface area contributed by atoms with Gasteiger partial charge in [0.25, 0.3) is 0 Å². The number of imide groups is 1. The summed E-state index contributed by atoms with van der Waals surface area (Å²) in [5.41, 5.74) is 10.9. The van der Waals surface area contributed by atoms with E-state index in [9.17, 15) is 9.59 Å². The molecule has 0 fully saturated rings. The van der Waals surface area contributed by atoms with Crippen LogP contribution in [-0.4, -0.2) is 22.7 Å². The van der Waals surface area contributed by atoms with Crippen LogP contribution < -0.4 is 16.8 Å². The second-order valence-corrected chi connectivity index (χ2v) is 4.06. The van der Waals surface area contributed by atoms with Gasteiger partial charge in [0, 0.05) is 12.2 Å². The molecule has 0 atom stereocenters. The maximum absolute atomic E-state index is 11.0. The van der Waals surface area contributed by atoms with E-state index in [-0.39, 0.29) is 6.42 Å². The first-order valence-electron chi connectivity index (χ1n) is 4.51. The number of anilines is 1. The third-order valence-corrected chi connectivity index (χ3v) is 2.55. The Morgan fingerprint density at radius 3 is 2.75 bits per heavy atom. The van der Waals surface area contributed by atoms with Crippen molar-refractivity contribution in [2.75, 3.05) is 11.5 Å². The standard InChI is InChI=1S/C9H12N4O2S/c10-6-1-2-8(12-5-6)16-4-3-7(14)13-9(11)15/h1-2,5H,3-4,10H2,(H3,11,13,14,15). The number of amides is 3. The fourth-order valence-corrected chi connectivity index (χ4v) is 1.71. The molecule has 0 bridgehead atoms. The molecule has 5 N–H and O–H groups in total. The van der Waals surface area contributed by atoms with Crippen molar-refractivity contribution in [3.8, 4) is 0 Å². The highest BCUT2D eigenvalue weighted by atomic mass is 32.2. The van der Waals surface area contributed by atoms with E-state index in [0.717, 1.165) is 5.03 Å². The second-order valence-electron chi connectivity index (χ2n) is 2.94. The highest BCUT2D eigenvalue weighted by molar-refractivity contribution is 7.99. The Morgan fingerprint density at radius 2 is 2.19 bits per heavy atom. The summed E-state index contributed by atoms with van der Waals surface area (Å²) in [6.45, 7) is 0. The zero-order chi connectivity index (χ0) is 12.0. The topological polar surface area (TPSA) is 111 Å². The number of hydrogen-bond acceptors (Lipinski definition) is 5. The Labute approximate surface area is 96.8 Å². The molecule has 1 aromatic heterocycles. The predicted octanol–water partition coefficient (Wildman–Crippen LogP) is 0.341. The number of nitrogens with one attached hydrogen (secondary N) is 1. The van der Waals surface area contributed by atoms with Gasteiger partial charge in [-0.3, -0.25) is 10.1 Å². The van der Waals surface area contributed by atoms with Crippen molar-refractivity contribution in [2.45, 2.75) is 11.4 Å². The van der Waals surface area contributed by atoms with Gasteiger partial charge in [0.05, 0.1) is 16.9 Å². The number of carbonyl (C=O) groups excluding carboxylic acids is 2. The van der Waals surface area contributed by atoms with Crippen LogP contribution in [0.2, 0.25) is 0 Å². The van der Waals surface area contributed by atoms with Crippen LogP contribution in [0.5, 0.6) is 0 Å². The quantitative estimate of drug-likeness (QED) is 0.657. The van der Waals surface area contributed by atoms with Crippen LogP contribution in [0.25, 0.3) is 0 Å². The fourth-order valence-electron chi connectivity index (χ4n) is 0.925. The highest BCUT2D eigenvalue weighted by Crippen LogP contribution is 2.16. The van der Waals surface area contributed by atoms with Gasteiger partial charge in [0.1, 0.15) is 0 Å². The van der Waals surface area contributed by atoms with Gasteiger partial charge < -0.3 is 11.5 Å². The van der Waals surface area contributed by atoms with Gasteiger partial charge in [0.2, 0.25) is 5.91 Å². The van der Waals surface area contributed by atoms with Crippen molar-refractivity contribution in [1.82, 2.24) is 10.3 Å². The number of carbonyl (C=O) groups is 2. The molecule has 7 heteroatoms. The Balaban J connectivity index is 2.28. The number of thioether (sulfide) groups is 1. The molecule has 0 aliphatic heterocycles. The number of nitrogens with two attached hydrogens (primary N) is 2. The van der Waals surface area contributed by atoms with Crippen LogP contribution >= 0.6 is 11.8 Å². The van der Waals surface area contributed by atoms with Gasteiger partial charge in [-0.05, 0) is 12.1 Å². The molecule has 0 saturated heterocycles. The molecular weight excluding hydrogens is 228 g/mol. The Hall–Kier alpha value is -1.76. The van der Waals surface area contributed by atoms with Crippen LogP contribution in [0.1, 0.15) is 6.42 Å². The molecule has 86 valence electrons. The van der Waals surface area contributed by atoms with E-state index in [0.29, 0.717) is 11.4 Å². The molecule has 3 amide bonds. The minimum Gasteiger partial charge on any atom is -0.397 e. The Bertz CT molecular complexity index is 380. The first kappa shape index (κ1) is 12.3. The lowest BCUT2D eigenvalue weighted by Gasteiger charge is -2.01. The van der Waals surface area contributed by atoms with Crippen LogP contribution in [0.4, 0.5) is 10.5 Å². The molecule has 0 unspecified atom stereocenters. The number of pyridine rings is 1. The summed E-state index contributed by atoms with van der Waals surface area (Å²) in [5, 5.41) is 2.76. The first-order chi connectivity index (χ1) is 7.58. The van der Waals surface area contributed by atoms with Crippen molar-refractivity contribution in [1.29, 1.82) is 0 Å². The van der Waals surface area contributed by atoms with Gasteiger partial charge in [0.15, 0.2) is 0 Å². The monoisotopic (exact) mass is 240 g/mol. The van der Waals surface area contributed by atoms with Crippen molar-refractivity contribution in [3.05, 3.63) is 18.3 Å². The van der Waals surface area contributed by atoms with E-state index in [4.69, 9.17) is 11.5 Å². The minimum atomic E-state index is -0.833. The van der Waals surface area contributed by atoms with E-state index in [1.54, 1.807) is 18.3 Å². The third kappa shape index (κ3) is 4.65. The number of rotatable bonds is 4. The summed E-state index contributed by atoms with van der Waals surface area (Å²) in [6, 6.07) is 2.67. The van der Waals surface area contributed by atoms with Crippen LogP contribution in [0, 0.1) is 0 Å². The molecule has 0 aliphatic carbocycles. The highest BCUT2D eigenvalue weighted by Gasteiger charge is 2.04. The molecule has 0 radical (unpaired) electrons. The lowest BCUT2D eigenvalue weighted by molar-refractivity contribution is -0.119. The number of nitrogens with zero attached hydrogens (tertiary/aromatic N) is 1. The van der Waals surface area contributed by atoms with E-state index in [1.807, 2.05) is 5.32 Å². The van der Waals surface area contributed by atoms with Crippen LogP contribution in [-0.2, 0) is 4.79 Å². The summed E-state index contributed by atoms with van der Waals surface area (Å²) in [4.78, 5) is 25.4. The maximum atomic E-state index is 11.0. The van der Waals surface area contributed by atoms with E-state index < -0.39 is 11.9 Å². The maximum Gasteiger partial charge on any atom is 0.318 e. The first-order valence-corrected chi connectivity index (χ1v) is 5.50. The molecule has 0 aromatic carbocycles. The minimum absolute atomic E-state index is 0.208. The molecule has 0 saturated carbocycles. The zero-order valence-corrected chi connectivity index (χ0v) is 9.29. The number of urea groups is 1. The van der Waals surface area contributed by atoms with Crippen LogP contribution in [0.3, 0.4) is 0 Å². The van der Waals surface area contributed by atoms with E-state index >= 15 is 0 Å². The lowest BCUT2D eigenvalue weighted by atomic mass is 10.4. The summed E-state index contributed by atoms with van der Waals surface area (Å²) in [5.74, 6) is 0.131. The van der Waals surface area contributed by atoms with Crippen molar-refractivity contribution < 1.29 is 9.59 Å². The van der Waals surface area contributed by atoms with E-state index in [1.165, 1.54) is 11.8 Å². The summed E-state index contributed by atoms with van der Waals surface area (Å²) >= 11 is 1.40. The summed E-state index contributed by atoms with van der Waals surface area (Å²) < 4.78 is 0. The van der Waals surface area contributed by atoms with Crippen molar-refractivity contribution in [3.63, 3.8) is 0 Å². The summed E-state index contributed by atoms with van der Waals surface area (Å²) in [6.07, 6.45) is 1.76. The molecule has 1 heterocycles. The number of nitrogen functional groups attached to an aromatic ring is 1. The van der Waals surface area contributed by atoms with E-state index in [2.05, 4.69) is 4.98 Å². The summed E-state index contributed by atoms with van der Waals surface area (Å²) in [7, 11) is 0. The molecule has 0 spiro atoms. The normalized spacial score (nSPS) is 9.75. The zero-order valence-electron chi connectivity index (χ0n) is 8.47. The smallest absolute Gasteiger partial charge is 0.318 e. The third-order valence-electron chi connectivity index (χ3n) is 1.60.